The van der Waals surface area contributed by atoms with Crippen molar-refractivity contribution in [2.75, 3.05) is 13.7 Å². The van der Waals surface area contributed by atoms with Crippen LogP contribution in [0.15, 0.2) is 36.4 Å². The smallest absolute Gasteiger partial charge is 0.151 e. The van der Waals surface area contributed by atoms with Gasteiger partial charge in [0.15, 0.2) is 6.29 Å². The second-order valence-electron chi connectivity index (χ2n) is 4.55. The molecule has 0 aliphatic heterocycles. The monoisotopic (exact) mass is 257 g/mol. The standard InChI is InChI=1S/C16H19NO2/c1-13-15(12-18)11-16(14-7-4-3-5-8-14)17(13)9-6-10-19-2/h3-5,7-8,11-12H,6,9-10H2,1-2H3. The summed E-state index contributed by atoms with van der Waals surface area (Å²) in [4.78, 5) is 11.1. The van der Waals surface area contributed by atoms with Crippen LogP contribution in [0.1, 0.15) is 22.5 Å². The summed E-state index contributed by atoms with van der Waals surface area (Å²) in [7, 11) is 1.71. The molecule has 1 heterocycles. The summed E-state index contributed by atoms with van der Waals surface area (Å²) in [5.74, 6) is 0. The third-order valence-electron chi connectivity index (χ3n) is 3.33. The lowest BCUT2D eigenvalue weighted by Gasteiger charge is -2.11. The summed E-state index contributed by atoms with van der Waals surface area (Å²) in [6.45, 7) is 3.57. The van der Waals surface area contributed by atoms with Crippen LogP contribution in [0.3, 0.4) is 0 Å². The van der Waals surface area contributed by atoms with Gasteiger partial charge in [0.1, 0.15) is 0 Å². The lowest BCUT2D eigenvalue weighted by molar-refractivity contribution is 0.112. The van der Waals surface area contributed by atoms with Gasteiger partial charge in [-0.3, -0.25) is 4.79 Å². The number of benzene rings is 1. The predicted molar refractivity (Wildman–Crippen MR) is 76.5 cm³/mol. The molecule has 100 valence electrons. The van der Waals surface area contributed by atoms with Crippen LogP contribution in [0.5, 0.6) is 0 Å². The highest BCUT2D eigenvalue weighted by molar-refractivity contribution is 5.80. The average Bonchev–Trinajstić information content (AvgIpc) is 2.77. The zero-order valence-electron chi connectivity index (χ0n) is 11.4. The Kier molecular flexibility index (Phi) is 4.53. The number of aldehydes is 1. The second kappa shape index (κ2) is 6.34. The number of rotatable bonds is 6. The molecule has 0 amide bonds. The molecule has 0 atom stereocenters. The summed E-state index contributed by atoms with van der Waals surface area (Å²) in [5, 5.41) is 0. The summed E-state index contributed by atoms with van der Waals surface area (Å²) in [5.41, 5.74) is 4.01. The van der Waals surface area contributed by atoms with E-state index in [1.54, 1.807) is 7.11 Å². The fraction of sp³-hybridized carbons (Fsp3) is 0.312. The molecule has 3 nitrogen and oxygen atoms in total. The zero-order valence-corrected chi connectivity index (χ0v) is 11.4. The van der Waals surface area contributed by atoms with Crippen molar-refractivity contribution in [3.63, 3.8) is 0 Å². The van der Waals surface area contributed by atoms with Crippen LogP contribution >= 0.6 is 0 Å². The van der Waals surface area contributed by atoms with Crippen LogP contribution in [0.2, 0.25) is 0 Å². The van der Waals surface area contributed by atoms with E-state index in [1.807, 2.05) is 31.2 Å². The van der Waals surface area contributed by atoms with Crippen molar-refractivity contribution in [1.29, 1.82) is 0 Å². The summed E-state index contributed by atoms with van der Waals surface area (Å²) >= 11 is 0. The van der Waals surface area contributed by atoms with E-state index < -0.39 is 0 Å². The van der Waals surface area contributed by atoms with Crippen molar-refractivity contribution in [3.05, 3.63) is 47.7 Å². The molecule has 0 bridgehead atoms. The minimum atomic E-state index is 0.724. The van der Waals surface area contributed by atoms with Crippen LogP contribution in [-0.2, 0) is 11.3 Å². The van der Waals surface area contributed by atoms with E-state index in [0.717, 1.165) is 48.4 Å². The first-order valence-electron chi connectivity index (χ1n) is 6.47. The Balaban J connectivity index is 2.38. The molecule has 19 heavy (non-hydrogen) atoms. The normalized spacial score (nSPS) is 10.6. The number of carbonyl (C=O) groups is 1. The van der Waals surface area contributed by atoms with Gasteiger partial charge in [-0.2, -0.15) is 0 Å². The van der Waals surface area contributed by atoms with Gasteiger partial charge in [0.25, 0.3) is 0 Å². The number of methoxy groups -OCH3 is 1. The van der Waals surface area contributed by atoms with Gasteiger partial charge in [-0.05, 0) is 25.0 Å². The van der Waals surface area contributed by atoms with Crippen molar-refractivity contribution >= 4 is 6.29 Å². The van der Waals surface area contributed by atoms with Crippen molar-refractivity contribution < 1.29 is 9.53 Å². The quantitative estimate of drug-likeness (QED) is 0.587. The fourth-order valence-corrected chi connectivity index (χ4v) is 2.29. The van der Waals surface area contributed by atoms with E-state index in [2.05, 4.69) is 16.7 Å². The van der Waals surface area contributed by atoms with Crippen LogP contribution in [0.25, 0.3) is 11.3 Å². The van der Waals surface area contributed by atoms with Gasteiger partial charge in [0.2, 0.25) is 0 Å². The second-order valence-corrected chi connectivity index (χ2v) is 4.55. The maximum Gasteiger partial charge on any atom is 0.151 e. The largest absolute Gasteiger partial charge is 0.385 e. The van der Waals surface area contributed by atoms with Gasteiger partial charge in [0.05, 0.1) is 0 Å². The minimum Gasteiger partial charge on any atom is -0.385 e. The van der Waals surface area contributed by atoms with Crippen LogP contribution in [0.4, 0.5) is 0 Å². The molecule has 0 aliphatic carbocycles. The Morgan fingerprint density at radius 1 is 1.26 bits per heavy atom. The van der Waals surface area contributed by atoms with E-state index in [9.17, 15) is 4.79 Å². The average molecular weight is 257 g/mol. The highest BCUT2D eigenvalue weighted by Crippen LogP contribution is 2.25. The van der Waals surface area contributed by atoms with Gasteiger partial charge in [0, 0.05) is 37.2 Å². The van der Waals surface area contributed by atoms with Crippen molar-refractivity contribution in [3.8, 4) is 11.3 Å². The number of carbonyl (C=O) groups excluding carboxylic acids is 1. The third-order valence-corrected chi connectivity index (χ3v) is 3.33. The van der Waals surface area contributed by atoms with Crippen LogP contribution in [0, 0.1) is 6.92 Å². The maximum atomic E-state index is 11.1. The van der Waals surface area contributed by atoms with Gasteiger partial charge in [-0.15, -0.1) is 0 Å². The molecule has 0 saturated heterocycles. The highest BCUT2D eigenvalue weighted by atomic mass is 16.5. The van der Waals surface area contributed by atoms with E-state index in [1.165, 1.54) is 0 Å². The maximum absolute atomic E-state index is 11.1. The molecule has 1 aromatic heterocycles. The molecule has 2 rings (SSSR count). The Morgan fingerprint density at radius 3 is 2.63 bits per heavy atom. The molecule has 0 fully saturated rings. The molecule has 0 radical (unpaired) electrons. The SMILES string of the molecule is COCCCn1c(-c2ccccc2)cc(C=O)c1C. The van der Waals surface area contributed by atoms with E-state index in [-0.39, 0.29) is 0 Å². The van der Waals surface area contributed by atoms with Crippen molar-refractivity contribution in [2.45, 2.75) is 19.9 Å². The molecule has 0 aliphatic rings. The third kappa shape index (κ3) is 2.93. The lowest BCUT2D eigenvalue weighted by Crippen LogP contribution is -2.05. The molecular formula is C16H19NO2. The first kappa shape index (κ1) is 13.6. The van der Waals surface area contributed by atoms with E-state index in [4.69, 9.17) is 4.74 Å². The molecule has 0 saturated carbocycles. The summed E-state index contributed by atoms with van der Waals surface area (Å²) in [6, 6.07) is 12.1. The summed E-state index contributed by atoms with van der Waals surface area (Å²) < 4.78 is 7.29. The number of ether oxygens (including phenoxy) is 1. The molecular weight excluding hydrogens is 238 g/mol. The van der Waals surface area contributed by atoms with Crippen LogP contribution < -0.4 is 0 Å². The molecule has 0 N–H and O–H groups in total. The van der Waals surface area contributed by atoms with E-state index >= 15 is 0 Å². The van der Waals surface area contributed by atoms with Crippen molar-refractivity contribution in [1.82, 2.24) is 4.57 Å². The number of hydrogen-bond acceptors (Lipinski definition) is 2. The molecule has 0 unspecified atom stereocenters. The first-order valence-corrected chi connectivity index (χ1v) is 6.47. The van der Waals surface area contributed by atoms with E-state index in [0.29, 0.717) is 0 Å². The predicted octanol–water partition coefficient (Wildman–Crippen LogP) is 3.31. The van der Waals surface area contributed by atoms with Gasteiger partial charge < -0.3 is 9.30 Å². The van der Waals surface area contributed by atoms with Gasteiger partial charge in [-0.25, -0.2) is 0 Å². The Bertz CT molecular complexity index is 543. The molecule has 2 aromatic rings. The fourth-order valence-electron chi connectivity index (χ4n) is 2.29. The number of aromatic nitrogens is 1. The Labute approximate surface area is 113 Å². The molecule has 0 spiro atoms. The van der Waals surface area contributed by atoms with Crippen LogP contribution in [-0.4, -0.2) is 24.6 Å². The highest BCUT2D eigenvalue weighted by Gasteiger charge is 2.12. The minimum absolute atomic E-state index is 0.724. The zero-order chi connectivity index (χ0) is 13.7. The Morgan fingerprint density at radius 2 is 2.00 bits per heavy atom. The van der Waals surface area contributed by atoms with Gasteiger partial charge in [-0.1, -0.05) is 30.3 Å². The Hall–Kier alpha value is -1.87. The van der Waals surface area contributed by atoms with Crippen molar-refractivity contribution in [2.24, 2.45) is 0 Å². The lowest BCUT2D eigenvalue weighted by atomic mass is 10.1. The first-order chi connectivity index (χ1) is 9.27. The number of nitrogens with zero attached hydrogens (tertiary/aromatic N) is 1. The molecule has 1 aromatic carbocycles. The molecule has 3 heteroatoms. The topological polar surface area (TPSA) is 31.2 Å². The van der Waals surface area contributed by atoms with Gasteiger partial charge >= 0.3 is 0 Å². The summed E-state index contributed by atoms with van der Waals surface area (Å²) in [6.07, 6.45) is 1.86. The number of hydrogen-bond donors (Lipinski definition) is 0.